The minimum atomic E-state index is 0.0712. The average molecular weight is 421 g/mol. The fourth-order valence-corrected chi connectivity index (χ4v) is 5.34. The van der Waals surface area contributed by atoms with E-state index in [9.17, 15) is 4.79 Å². The van der Waals surface area contributed by atoms with Crippen molar-refractivity contribution in [1.82, 2.24) is 4.90 Å². The van der Waals surface area contributed by atoms with Gasteiger partial charge in [0.05, 0.1) is 17.7 Å². The lowest BCUT2D eigenvalue weighted by Crippen LogP contribution is -2.44. The van der Waals surface area contributed by atoms with Crippen LogP contribution in [-0.4, -0.2) is 29.1 Å². The first-order valence-corrected chi connectivity index (χ1v) is 11.4. The van der Waals surface area contributed by atoms with Crippen LogP contribution in [-0.2, 0) is 4.79 Å². The molecule has 4 nitrogen and oxygen atoms in total. The number of aliphatic imine (C=N–C) groups is 1. The van der Waals surface area contributed by atoms with Crippen LogP contribution in [0.5, 0.6) is 5.75 Å². The standard InChI is InChI=1S/C25H28N2O2S/c1-17-9-7-8-12-21(17)27-24(28)23(16-19-13-14-22(29-3)18(2)15-19)30-25(27)26-20-10-5-4-6-11-20/h4-6,10-11,13-17,21H,7-9,12H2,1-3H3/b23-16-,26-25?/t17-,21-/m1/s1. The van der Waals surface area contributed by atoms with E-state index >= 15 is 0 Å². The summed E-state index contributed by atoms with van der Waals surface area (Å²) in [4.78, 5) is 21.0. The second kappa shape index (κ2) is 9.09. The molecule has 0 N–H and O–H groups in total. The van der Waals surface area contributed by atoms with Crippen LogP contribution in [0.1, 0.15) is 43.7 Å². The number of para-hydroxylation sites is 1. The summed E-state index contributed by atoms with van der Waals surface area (Å²) < 4.78 is 5.36. The average Bonchev–Trinajstić information content (AvgIpc) is 3.04. The largest absolute Gasteiger partial charge is 0.496 e. The zero-order chi connectivity index (χ0) is 21.1. The number of methoxy groups -OCH3 is 1. The molecule has 2 fully saturated rings. The highest BCUT2D eigenvalue weighted by atomic mass is 32.2. The molecule has 30 heavy (non-hydrogen) atoms. The lowest BCUT2D eigenvalue weighted by atomic mass is 9.85. The van der Waals surface area contributed by atoms with Gasteiger partial charge in [0.1, 0.15) is 5.75 Å². The van der Waals surface area contributed by atoms with E-state index < -0.39 is 0 Å². The molecule has 0 spiro atoms. The molecule has 0 bridgehead atoms. The molecule has 2 aromatic rings. The van der Waals surface area contributed by atoms with Crippen molar-refractivity contribution in [1.29, 1.82) is 0 Å². The number of benzene rings is 2. The fourth-order valence-electron chi connectivity index (χ4n) is 4.29. The third-order valence-electron chi connectivity index (χ3n) is 5.93. The molecule has 156 valence electrons. The van der Waals surface area contributed by atoms with Gasteiger partial charge in [0.15, 0.2) is 5.17 Å². The fraction of sp³-hybridized carbons (Fsp3) is 0.360. The van der Waals surface area contributed by atoms with Crippen LogP contribution >= 0.6 is 11.8 Å². The van der Waals surface area contributed by atoms with E-state index in [2.05, 4.69) is 13.0 Å². The van der Waals surface area contributed by atoms with Crippen molar-refractivity contribution in [3.05, 3.63) is 64.6 Å². The van der Waals surface area contributed by atoms with E-state index in [0.717, 1.165) is 45.5 Å². The van der Waals surface area contributed by atoms with Gasteiger partial charge < -0.3 is 4.74 Å². The lowest BCUT2D eigenvalue weighted by Gasteiger charge is -2.35. The number of thioether (sulfide) groups is 1. The molecule has 0 radical (unpaired) electrons. The first kappa shape index (κ1) is 20.7. The highest BCUT2D eigenvalue weighted by Crippen LogP contribution is 2.40. The van der Waals surface area contributed by atoms with E-state index in [1.165, 1.54) is 24.6 Å². The van der Waals surface area contributed by atoms with Crippen molar-refractivity contribution in [2.45, 2.75) is 45.6 Å². The highest BCUT2D eigenvalue weighted by Gasteiger charge is 2.41. The molecule has 1 saturated heterocycles. The number of carbonyl (C=O) groups is 1. The van der Waals surface area contributed by atoms with E-state index in [1.807, 2.05) is 60.4 Å². The molecule has 0 aromatic heterocycles. The SMILES string of the molecule is COc1ccc(/C=C2\SC(=Nc3ccccc3)N([C@@H]3CCCC[C@H]3C)C2=O)cc1C. The molecule has 1 heterocycles. The number of aryl methyl sites for hydroxylation is 1. The maximum atomic E-state index is 13.5. The predicted molar refractivity (Wildman–Crippen MR) is 125 cm³/mol. The number of amidine groups is 1. The maximum Gasteiger partial charge on any atom is 0.267 e. The number of amides is 1. The normalized spacial score (nSPS) is 24.6. The molecule has 1 aliphatic carbocycles. The molecule has 5 heteroatoms. The number of hydrogen-bond donors (Lipinski definition) is 0. The summed E-state index contributed by atoms with van der Waals surface area (Å²) in [6.07, 6.45) is 6.59. The number of rotatable bonds is 4. The Kier molecular flexibility index (Phi) is 6.28. The van der Waals surface area contributed by atoms with Crippen LogP contribution in [0.4, 0.5) is 5.69 Å². The molecule has 1 aliphatic heterocycles. The Hall–Kier alpha value is -2.53. The van der Waals surface area contributed by atoms with Crippen LogP contribution in [0.3, 0.4) is 0 Å². The smallest absolute Gasteiger partial charge is 0.267 e. The molecule has 1 amide bonds. The minimum Gasteiger partial charge on any atom is -0.496 e. The van der Waals surface area contributed by atoms with Gasteiger partial charge in [-0.3, -0.25) is 9.69 Å². The summed E-state index contributed by atoms with van der Waals surface area (Å²) in [5.41, 5.74) is 2.93. The second-order valence-corrected chi connectivity index (χ2v) is 9.08. The maximum absolute atomic E-state index is 13.5. The van der Waals surface area contributed by atoms with Gasteiger partial charge in [-0.05, 0) is 78.9 Å². The number of nitrogens with zero attached hydrogens (tertiary/aromatic N) is 2. The molecular formula is C25H28N2O2S. The molecule has 1 saturated carbocycles. The van der Waals surface area contributed by atoms with Gasteiger partial charge in [-0.25, -0.2) is 4.99 Å². The summed E-state index contributed by atoms with van der Waals surface area (Å²) in [6.45, 7) is 4.28. The zero-order valence-electron chi connectivity index (χ0n) is 17.8. The van der Waals surface area contributed by atoms with Gasteiger partial charge >= 0.3 is 0 Å². The van der Waals surface area contributed by atoms with Crippen molar-refractivity contribution >= 4 is 34.6 Å². The topological polar surface area (TPSA) is 41.9 Å². The van der Waals surface area contributed by atoms with Crippen molar-refractivity contribution in [2.75, 3.05) is 7.11 Å². The van der Waals surface area contributed by atoms with Crippen molar-refractivity contribution in [3.63, 3.8) is 0 Å². The van der Waals surface area contributed by atoms with Crippen molar-refractivity contribution < 1.29 is 9.53 Å². The first-order chi connectivity index (χ1) is 14.6. The molecule has 0 unspecified atom stereocenters. The Morgan fingerprint density at radius 2 is 1.90 bits per heavy atom. The van der Waals surface area contributed by atoms with Gasteiger partial charge in [-0.2, -0.15) is 0 Å². The Balaban J connectivity index is 1.71. The van der Waals surface area contributed by atoms with Crippen LogP contribution in [0.15, 0.2) is 58.4 Å². The van der Waals surface area contributed by atoms with Gasteiger partial charge in [-0.1, -0.05) is 44.0 Å². The van der Waals surface area contributed by atoms with E-state index in [4.69, 9.17) is 9.73 Å². The van der Waals surface area contributed by atoms with Gasteiger partial charge in [0.2, 0.25) is 0 Å². The van der Waals surface area contributed by atoms with E-state index in [1.54, 1.807) is 7.11 Å². The Morgan fingerprint density at radius 1 is 1.13 bits per heavy atom. The van der Waals surface area contributed by atoms with Gasteiger partial charge in [0.25, 0.3) is 5.91 Å². The van der Waals surface area contributed by atoms with Crippen LogP contribution in [0.2, 0.25) is 0 Å². The van der Waals surface area contributed by atoms with Crippen LogP contribution in [0, 0.1) is 12.8 Å². The molecule has 2 aromatic carbocycles. The molecular weight excluding hydrogens is 392 g/mol. The predicted octanol–water partition coefficient (Wildman–Crippen LogP) is 6.19. The first-order valence-electron chi connectivity index (χ1n) is 10.6. The lowest BCUT2D eigenvalue weighted by molar-refractivity contribution is -0.124. The van der Waals surface area contributed by atoms with Crippen LogP contribution < -0.4 is 4.74 Å². The summed E-state index contributed by atoms with van der Waals surface area (Å²) in [7, 11) is 1.67. The summed E-state index contributed by atoms with van der Waals surface area (Å²) in [5, 5.41) is 0.793. The Labute approximate surface area is 183 Å². The molecule has 2 atom stereocenters. The van der Waals surface area contributed by atoms with Gasteiger partial charge in [-0.15, -0.1) is 0 Å². The highest BCUT2D eigenvalue weighted by molar-refractivity contribution is 8.18. The van der Waals surface area contributed by atoms with Crippen molar-refractivity contribution in [3.8, 4) is 5.75 Å². The van der Waals surface area contributed by atoms with E-state index in [0.29, 0.717) is 5.92 Å². The third-order valence-corrected chi connectivity index (χ3v) is 6.92. The van der Waals surface area contributed by atoms with Crippen LogP contribution in [0.25, 0.3) is 6.08 Å². The second-order valence-electron chi connectivity index (χ2n) is 8.07. The Morgan fingerprint density at radius 3 is 2.60 bits per heavy atom. The summed E-state index contributed by atoms with van der Waals surface area (Å²) in [5.74, 6) is 1.40. The third kappa shape index (κ3) is 4.31. The number of ether oxygens (including phenoxy) is 1. The van der Waals surface area contributed by atoms with Crippen molar-refractivity contribution in [2.24, 2.45) is 10.9 Å². The number of hydrogen-bond acceptors (Lipinski definition) is 4. The monoisotopic (exact) mass is 420 g/mol. The molecule has 4 rings (SSSR count). The quantitative estimate of drug-likeness (QED) is 0.554. The summed E-state index contributed by atoms with van der Waals surface area (Å²) in [6, 6.07) is 16.1. The minimum absolute atomic E-state index is 0.0712. The molecule has 2 aliphatic rings. The number of carbonyl (C=O) groups excluding carboxylic acids is 1. The Bertz CT molecular complexity index is 984. The van der Waals surface area contributed by atoms with E-state index in [-0.39, 0.29) is 11.9 Å². The summed E-state index contributed by atoms with van der Waals surface area (Å²) >= 11 is 1.48. The zero-order valence-corrected chi connectivity index (χ0v) is 18.6. The van der Waals surface area contributed by atoms with Gasteiger partial charge in [0, 0.05) is 6.04 Å².